The summed E-state index contributed by atoms with van der Waals surface area (Å²) in [6.45, 7) is 2.55. The van der Waals surface area contributed by atoms with Gasteiger partial charge in [-0.05, 0) is 11.6 Å². The second-order valence-corrected chi connectivity index (χ2v) is 4.52. The van der Waals surface area contributed by atoms with Crippen molar-refractivity contribution in [2.75, 3.05) is 26.8 Å². The van der Waals surface area contributed by atoms with Crippen LogP contribution in [0.25, 0.3) is 0 Å². The number of methoxy groups -OCH3 is 1. The van der Waals surface area contributed by atoms with E-state index in [4.69, 9.17) is 4.74 Å². The van der Waals surface area contributed by atoms with E-state index >= 15 is 0 Å². The van der Waals surface area contributed by atoms with Gasteiger partial charge in [0.15, 0.2) is 0 Å². The van der Waals surface area contributed by atoms with E-state index < -0.39 is 0 Å². The molecule has 1 aliphatic rings. The van der Waals surface area contributed by atoms with Gasteiger partial charge in [-0.3, -0.25) is 14.7 Å². The molecule has 0 spiro atoms. The molecule has 2 heterocycles. The van der Waals surface area contributed by atoms with Crippen molar-refractivity contribution < 1.29 is 18.7 Å². The lowest BCUT2D eigenvalue weighted by molar-refractivity contribution is -0.145. The first-order valence-electron chi connectivity index (χ1n) is 6.17. The zero-order valence-corrected chi connectivity index (χ0v) is 10.8. The zero-order valence-electron chi connectivity index (χ0n) is 10.8. The molecule has 0 aliphatic carbocycles. The number of hydrogen-bond donors (Lipinski definition) is 0. The lowest BCUT2D eigenvalue weighted by Gasteiger charge is -2.32. The third-order valence-electron chi connectivity index (χ3n) is 3.01. The van der Waals surface area contributed by atoms with E-state index in [9.17, 15) is 9.18 Å². The monoisotopic (exact) mass is 268 g/mol. The molecule has 5 nitrogen and oxygen atoms in total. The van der Waals surface area contributed by atoms with Gasteiger partial charge in [-0.25, -0.2) is 4.39 Å². The summed E-state index contributed by atoms with van der Waals surface area (Å²) in [6.07, 6.45) is 2.91. The Labute approximate surface area is 111 Å². The number of carbonyl (C=O) groups is 1. The molecular formula is C13H17FN2O3. The van der Waals surface area contributed by atoms with Crippen LogP contribution in [0.1, 0.15) is 12.0 Å². The van der Waals surface area contributed by atoms with Crippen LogP contribution in [0.2, 0.25) is 0 Å². The third-order valence-corrected chi connectivity index (χ3v) is 3.01. The van der Waals surface area contributed by atoms with Crippen molar-refractivity contribution in [1.29, 1.82) is 0 Å². The summed E-state index contributed by atoms with van der Waals surface area (Å²) >= 11 is 0. The molecule has 0 bridgehead atoms. The summed E-state index contributed by atoms with van der Waals surface area (Å²) in [5, 5.41) is 0. The van der Waals surface area contributed by atoms with Gasteiger partial charge in [-0.1, -0.05) is 0 Å². The standard InChI is InChI=1S/C13H17FN2O3/c1-18-13(17)5-12-9-16(2-3-19-12)8-10-4-11(14)7-15-6-10/h4,6-7,12H,2-3,5,8-9H2,1H3. The highest BCUT2D eigenvalue weighted by atomic mass is 19.1. The largest absolute Gasteiger partial charge is 0.469 e. The third kappa shape index (κ3) is 4.25. The van der Waals surface area contributed by atoms with Gasteiger partial charge in [0.25, 0.3) is 0 Å². The molecule has 0 aromatic carbocycles. The number of nitrogens with zero attached hydrogens (tertiary/aromatic N) is 2. The smallest absolute Gasteiger partial charge is 0.308 e. The molecule has 19 heavy (non-hydrogen) atoms. The van der Waals surface area contributed by atoms with E-state index in [2.05, 4.69) is 14.6 Å². The van der Waals surface area contributed by atoms with Crippen molar-refractivity contribution in [3.63, 3.8) is 0 Å². The number of rotatable bonds is 4. The van der Waals surface area contributed by atoms with Crippen molar-refractivity contribution in [2.45, 2.75) is 19.1 Å². The molecule has 2 rings (SSSR count). The Morgan fingerprint density at radius 3 is 3.21 bits per heavy atom. The first kappa shape index (κ1) is 13.9. The van der Waals surface area contributed by atoms with Crippen molar-refractivity contribution in [3.8, 4) is 0 Å². The fraction of sp³-hybridized carbons (Fsp3) is 0.538. The summed E-state index contributed by atoms with van der Waals surface area (Å²) in [6, 6.07) is 1.47. The Kier molecular flexibility index (Phi) is 4.81. The topological polar surface area (TPSA) is 51.7 Å². The van der Waals surface area contributed by atoms with Crippen LogP contribution in [0.3, 0.4) is 0 Å². The van der Waals surface area contributed by atoms with Crippen LogP contribution in [0.4, 0.5) is 4.39 Å². The Hall–Kier alpha value is -1.53. The van der Waals surface area contributed by atoms with Crippen molar-refractivity contribution in [2.24, 2.45) is 0 Å². The number of pyridine rings is 1. The zero-order chi connectivity index (χ0) is 13.7. The van der Waals surface area contributed by atoms with Crippen molar-refractivity contribution in [3.05, 3.63) is 29.8 Å². The predicted octanol–water partition coefficient (Wildman–Crippen LogP) is 0.985. The van der Waals surface area contributed by atoms with Crippen LogP contribution in [0.5, 0.6) is 0 Å². The number of hydrogen-bond acceptors (Lipinski definition) is 5. The highest BCUT2D eigenvalue weighted by molar-refractivity contribution is 5.69. The Bertz CT molecular complexity index is 442. The van der Waals surface area contributed by atoms with Gasteiger partial charge in [0, 0.05) is 25.8 Å². The average molecular weight is 268 g/mol. The van der Waals surface area contributed by atoms with Crippen LogP contribution in [0, 0.1) is 5.82 Å². The van der Waals surface area contributed by atoms with Crippen LogP contribution >= 0.6 is 0 Å². The van der Waals surface area contributed by atoms with Crippen molar-refractivity contribution in [1.82, 2.24) is 9.88 Å². The van der Waals surface area contributed by atoms with Crippen LogP contribution in [-0.2, 0) is 20.8 Å². The minimum absolute atomic E-state index is 0.164. The SMILES string of the molecule is COC(=O)CC1CN(Cc2cncc(F)c2)CCO1. The summed E-state index contributed by atoms with van der Waals surface area (Å²) in [5.41, 5.74) is 0.818. The maximum Gasteiger partial charge on any atom is 0.308 e. The molecule has 6 heteroatoms. The molecule has 1 aromatic rings. The lowest BCUT2D eigenvalue weighted by Crippen LogP contribution is -2.42. The van der Waals surface area contributed by atoms with Gasteiger partial charge < -0.3 is 9.47 Å². The van der Waals surface area contributed by atoms with Gasteiger partial charge >= 0.3 is 5.97 Å². The number of ether oxygens (including phenoxy) is 2. The molecule has 0 amide bonds. The first-order chi connectivity index (χ1) is 9.17. The minimum atomic E-state index is -0.336. The highest BCUT2D eigenvalue weighted by Gasteiger charge is 2.23. The highest BCUT2D eigenvalue weighted by Crippen LogP contribution is 2.13. The normalized spacial score (nSPS) is 20.2. The number of halogens is 1. The number of morpholine rings is 1. The average Bonchev–Trinajstić information content (AvgIpc) is 2.39. The van der Waals surface area contributed by atoms with Gasteiger partial charge in [-0.2, -0.15) is 0 Å². The van der Waals surface area contributed by atoms with E-state index in [1.165, 1.54) is 19.4 Å². The van der Waals surface area contributed by atoms with E-state index in [0.29, 0.717) is 19.7 Å². The maximum absolute atomic E-state index is 13.0. The molecule has 1 aromatic heterocycles. The molecule has 1 saturated heterocycles. The molecule has 1 aliphatic heterocycles. The summed E-state index contributed by atoms with van der Waals surface area (Å²) in [4.78, 5) is 17.2. The molecule has 0 radical (unpaired) electrons. The van der Waals surface area contributed by atoms with Crippen LogP contribution < -0.4 is 0 Å². The Morgan fingerprint density at radius 1 is 1.63 bits per heavy atom. The maximum atomic E-state index is 13.0. The molecule has 0 saturated carbocycles. The Morgan fingerprint density at radius 2 is 2.47 bits per heavy atom. The van der Waals surface area contributed by atoms with Gasteiger partial charge in [0.2, 0.25) is 0 Å². The number of aromatic nitrogens is 1. The molecule has 1 atom stereocenters. The van der Waals surface area contributed by atoms with Crippen LogP contribution in [0.15, 0.2) is 18.5 Å². The van der Waals surface area contributed by atoms with E-state index in [1.807, 2.05) is 0 Å². The van der Waals surface area contributed by atoms with E-state index in [-0.39, 0.29) is 24.3 Å². The second kappa shape index (κ2) is 6.58. The quantitative estimate of drug-likeness (QED) is 0.762. The van der Waals surface area contributed by atoms with E-state index in [0.717, 1.165) is 12.1 Å². The first-order valence-corrected chi connectivity index (χ1v) is 6.17. The number of carbonyl (C=O) groups excluding carboxylic acids is 1. The minimum Gasteiger partial charge on any atom is -0.469 e. The number of esters is 1. The molecule has 104 valence electrons. The fourth-order valence-electron chi connectivity index (χ4n) is 2.12. The predicted molar refractivity (Wildman–Crippen MR) is 65.8 cm³/mol. The van der Waals surface area contributed by atoms with Crippen molar-refractivity contribution >= 4 is 5.97 Å². The van der Waals surface area contributed by atoms with Gasteiger partial charge in [0.1, 0.15) is 5.82 Å². The van der Waals surface area contributed by atoms with Gasteiger partial charge in [0.05, 0.1) is 32.4 Å². The van der Waals surface area contributed by atoms with E-state index in [1.54, 1.807) is 6.20 Å². The van der Waals surface area contributed by atoms with Gasteiger partial charge in [-0.15, -0.1) is 0 Å². The molecule has 1 fully saturated rings. The summed E-state index contributed by atoms with van der Waals surface area (Å²) in [5.74, 6) is -0.615. The fourth-order valence-corrected chi connectivity index (χ4v) is 2.12. The molecular weight excluding hydrogens is 251 g/mol. The second-order valence-electron chi connectivity index (χ2n) is 4.52. The van der Waals surface area contributed by atoms with Crippen LogP contribution in [-0.4, -0.2) is 48.8 Å². The molecule has 0 N–H and O–H groups in total. The Balaban J connectivity index is 1.89. The summed E-state index contributed by atoms with van der Waals surface area (Å²) in [7, 11) is 1.36. The lowest BCUT2D eigenvalue weighted by atomic mass is 10.2. The molecule has 1 unspecified atom stereocenters. The summed E-state index contributed by atoms with van der Waals surface area (Å²) < 4.78 is 23.2.